The van der Waals surface area contributed by atoms with Gasteiger partial charge in [0.15, 0.2) is 0 Å². The number of carboxylic acid groups (broad SMARTS) is 4. The van der Waals surface area contributed by atoms with Crippen molar-refractivity contribution in [1.82, 2.24) is 0 Å². The first-order valence-corrected chi connectivity index (χ1v) is 3.63. The van der Waals surface area contributed by atoms with Crippen molar-refractivity contribution in [1.29, 1.82) is 0 Å². The van der Waals surface area contributed by atoms with Gasteiger partial charge in [0, 0.05) is 65.2 Å². The van der Waals surface area contributed by atoms with Crippen LogP contribution in [0.1, 0.15) is 27.7 Å². The fourth-order valence-electron chi connectivity index (χ4n) is 0. The summed E-state index contributed by atoms with van der Waals surface area (Å²) in [6, 6.07) is 0. The monoisotopic (exact) mass is 377 g/mol. The zero-order valence-corrected chi connectivity index (χ0v) is 13.5. The van der Waals surface area contributed by atoms with E-state index in [1.54, 1.807) is 0 Å². The van der Waals surface area contributed by atoms with Gasteiger partial charge in [0.1, 0.15) is 0 Å². The minimum atomic E-state index is -1.08. The summed E-state index contributed by atoms with van der Waals surface area (Å²) in [4.78, 5) is 35.6. The van der Waals surface area contributed by atoms with Crippen LogP contribution in [0.4, 0.5) is 0 Å². The average Bonchev–Trinajstić information content (AvgIpc) is 1.76. The van der Waals surface area contributed by atoms with Crippen molar-refractivity contribution >= 4 is 23.9 Å². The molecule has 0 aromatic heterocycles. The van der Waals surface area contributed by atoms with E-state index in [4.69, 9.17) is 39.6 Å². The van der Waals surface area contributed by atoms with Crippen LogP contribution in [-0.4, -0.2) is 23.9 Å². The molecular weight excluding hydrogens is 365 g/mol. The molecule has 0 spiro atoms. The third-order valence-electron chi connectivity index (χ3n) is 0. The molecule has 0 heterocycles. The minimum absolute atomic E-state index is 0. The maximum Gasteiger partial charge on any atom is 0.0383 e. The summed E-state index contributed by atoms with van der Waals surface area (Å²) in [7, 11) is 0. The van der Waals surface area contributed by atoms with Crippen molar-refractivity contribution in [3.05, 3.63) is 0 Å². The number of carbonyl (C=O) groups excluding carboxylic acids is 4. The van der Waals surface area contributed by atoms with Crippen molar-refractivity contribution < 1.29 is 80.9 Å². The molecular formula is C8H12O8Pr-4. The van der Waals surface area contributed by atoms with Gasteiger partial charge in [0.2, 0.25) is 0 Å². The van der Waals surface area contributed by atoms with Crippen LogP contribution in [0.15, 0.2) is 0 Å². The van der Waals surface area contributed by atoms with Gasteiger partial charge in [0.25, 0.3) is 0 Å². The number of hydrogen-bond acceptors (Lipinski definition) is 8. The molecule has 0 aliphatic carbocycles. The molecule has 99 valence electrons. The molecule has 0 atom stereocenters. The van der Waals surface area contributed by atoms with Crippen LogP contribution in [-0.2, 0) is 19.2 Å². The van der Waals surface area contributed by atoms with Gasteiger partial charge in [-0.25, -0.2) is 0 Å². The van der Waals surface area contributed by atoms with Gasteiger partial charge in [-0.15, -0.1) is 0 Å². The van der Waals surface area contributed by atoms with E-state index in [2.05, 4.69) is 0 Å². The third-order valence-corrected chi connectivity index (χ3v) is 0. The largest absolute Gasteiger partial charge is 0.550 e. The maximum atomic E-state index is 8.89. The average molecular weight is 377 g/mol. The Bertz CT molecular complexity index is 162. The van der Waals surface area contributed by atoms with Crippen LogP contribution in [0.3, 0.4) is 0 Å². The van der Waals surface area contributed by atoms with E-state index < -0.39 is 23.9 Å². The van der Waals surface area contributed by atoms with Crippen LogP contribution < -0.4 is 20.4 Å². The van der Waals surface area contributed by atoms with E-state index in [-0.39, 0.29) is 41.3 Å². The molecule has 0 aliphatic heterocycles. The first-order valence-electron chi connectivity index (χ1n) is 3.63. The summed E-state index contributed by atoms with van der Waals surface area (Å²) in [5.74, 6) is -4.33. The van der Waals surface area contributed by atoms with E-state index in [0.717, 1.165) is 27.7 Å². The topological polar surface area (TPSA) is 161 Å². The Hall–Kier alpha value is -0.756. The Labute approximate surface area is 132 Å². The van der Waals surface area contributed by atoms with Gasteiger partial charge in [-0.2, -0.15) is 0 Å². The summed E-state index contributed by atoms with van der Waals surface area (Å²) in [6.45, 7) is 3.89. The van der Waals surface area contributed by atoms with E-state index in [0.29, 0.717) is 0 Å². The Morgan fingerprint density at radius 3 is 0.529 bits per heavy atom. The molecule has 17 heavy (non-hydrogen) atoms. The molecule has 0 amide bonds. The van der Waals surface area contributed by atoms with Crippen LogP contribution in [0.25, 0.3) is 0 Å². The molecule has 0 rings (SSSR count). The second-order valence-corrected chi connectivity index (χ2v) is 1.97. The number of carboxylic acids is 4. The summed E-state index contributed by atoms with van der Waals surface area (Å²) in [6.07, 6.45) is 0. The van der Waals surface area contributed by atoms with Crippen LogP contribution >= 0.6 is 0 Å². The summed E-state index contributed by atoms with van der Waals surface area (Å²) in [5, 5.41) is 35.6. The smallest absolute Gasteiger partial charge is 0.0383 e. The standard InChI is InChI=1S/4C2H4O2.Pr/c4*1-2(3)4;/h4*1H3,(H,3,4);/p-4. The van der Waals surface area contributed by atoms with Gasteiger partial charge >= 0.3 is 0 Å². The van der Waals surface area contributed by atoms with Crippen molar-refractivity contribution in [3.8, 4) is 0 Å². The minimum Gasteiger partial charge on any atom is -0.550 e. The zero-order chi connectivity index (χ0) is 14.3. The molecule has 9 heteroatoms. The zero-order valence-electron chi connectivity index (χ0n) is 9.84. The second kappa shape index (κ2) is 24.5. The van der Waals surface area contributed by atoms with E-state index in [1.807, 2.05) is 0 Å². The Kier molecular flexibility index (Phi) is 43.0. The van der Waals surface area contributed by atoms with Crippen molar-refractivity contribution in [3.63, 3.8) is 0 Å². The number of rotatable bonds is 0. The Morgan fingerprint density at radius 2 is 0.529 bits per heavy atom. The van der Waals surface area contributed by atoms with Crippen molar-refractivity contribution in [2.75, 3.05) is 0 Å². The number of carbonyl (C=O) groups is 4. The van der Waals surface area contributed by atoms with E-state index >= 15 is 0 Å². The van der Waals surface area contributed by atoms with E-state index in [1.165, 1.54) is 0 Å². The molecule has 0 aromatic carbocycles. The fraction of sp³-hybridized carbons (Fsp3) is 0.500. The third kappa shape index (κ3) is 4670. The van der Waals surface area contributed by atoms with E-state index in [9.17, 15) is 0 Å². The Balaban J connectivity index is -0.0000000369. The maximum absolute atomic E-state index is 8.89. The second-order valence-electron chi connectivity index (χ2n) is 1.97. The SMILES string of the molecule is CC(=O)[O-].CC(=O)[O-].CC(=O)[O-].CC(=O)[O-].[Pr]. The molecule has 8 nitrogen and oxygen atoms in total. The predicted molar refractivity (Wildman–Crippen MR) is 42.7 cm³/mol. The fourth-order valence-corrected chi connectivity index (χ4v) is 0. The molecule has 0 bridgehead atoms. The number of hydrogen-bond donors (Lipinski definition) is 0. The van der Waals surface area contributed by atoms with Crippen LogP contribution in [0.5, 0.6) is 0 Å². The van der Waals surface area contributed by atoms with Crippen molar-refractivity contribution in [2.45, 2.75) is 27.7 Å². The molecule has 0 N–H and O–H groups in total. The first kappa shape index (κ1) is 29.9. The molecule has 0 saturated heterocycles. The molecule has 0 saturated carbocycles. The van der Waals surface area contributed by atoms with Crippen LogP contribution in [0.2, 0.25) is 0 Å². The quantitative estimate of drug-likeness (QED) is 0.406. The van der Waals surface area contributed by atoms with Gasteiger partial charge in [-0.05, 0) is 27.7 Å². The van der Waals surface area contributed by atoms with Gasteiger partial charge in [-0.3, -0.25) is 0 Å². The van der Waals surface area contributed by atoms with Crippen LogP contribution in [0, 0.1) is 41.3 Å². The van der Waals surface area contributed by atoms with Gasteiger partial charge in [-0.1, -0.05) is 0 Å². The number of aliphatic carboxylic acids is 4. The van der Waals surface area contributed by atoms with Crippen molar-refractivity contribution in [2.24, 2.45) is 0 Å². The summed E-state index contributed by atoms with van der Waals surface area (Å²) < 4.78 is 0. The normalized spacial score (nSPS) is 5.88. The molecule has 0 fully saturated rings. The van der Waals surface area contributed by atoms with Gasteiger partial charge in [0.05, 0.1) is 0 Å². The molecule has 1 radical (unpaired) electrons. The summed E-state index contributed by atoms with van der Waals surface area (Å²) in [5.41, 5.74) is 0. The molecule has 0 aliphatic rings. The summed E-state index contributed by atoms with van der Waals surface area (Å²) >= 11 is 0. The Morgan fingerprint density at radius 1 is 0.529 bits per heavy atom. The molecule has 0 aromatic rings. The predicted octanol–water partition coefficient (Wildman–Crippen LogP) is -4.98. The first-order chi connectivity index (χ1) is 6.93. The van der Waals surface area contributed by atoms with Gasteiger partial charge < -0.3 is 39.6 Å². The molecule has 0 unspecified atom stereocenters.